The summed E-state index contributed by atoms with van der Waals surface area (Å²) in [6.45, 7) is 2.51. The number of hydrogen-bond acceptors (Lipinski definition) is 8. The lowest BCUT2D eigenvalue weighted by molar-refractivity contribution is -0.132. The van der Waals surface area contributed by atoms with E-state index in [2.05, 4.69) is 0 Å². The number of allylic oxidation sites excluding steroid dienone is 4. The van der Waals surface area contributed by atoms with Gasteiger partial charge in [-0.2, -0.15) is 0 Å². The van der Waals surface area contributed by atoms with E-state index < -0.39 is 35.6 Å². The Morgan fingerprint density at radius 3 is 1.24 bits per heavy atom. The van der Waals surface area contributed by atoms with Gasteiger partial charge in [-0.15, -0.1) is 0 Å². The van der Waals surface area contributed by atoms with Crippen LogP contribution in [0.5, 0.6) is 11.5 Å². The second-order valence-electron chi connectivity index (χ2n) is 13.0. The Morgan fingerprint density at radius 2 is 0.933 bits per heavy atom. The fourth-order valence-corrected chi connectivity index (χ4v) is 8.69. The highest BCUT2D eigenvalue weighted by Crippen LogP contribution is 2.55. The zero-order chi connectivity index (χ0) is 31.3. The molecule has 0 radical (unpaired) electrons. The predicted octanol–water partition coefficient (Wildman–Crippen LogP) is 3.75. The first-order valence-corrected chi connectivity index (χ1v) is 15.4. The first kappa shape index (κ1) is 27.7. The number of nitrogens with zero attached hydrogens (tertiary/aromatic N) is 2. The van der Waals surface area contributed by atoms with E-state index in [0.717, 1.165) is 22.6 Å². The molecular formula is C35H30N2O8. The lowest BCUT2D eigenvalue weighted by atomic mass is 9.85. The van der Waals surface area contributed by atoms with E-state index >= 15 is 0 Å². The second-order valence-corrected chi connectivity index (χ2v) is 13.0. The van der Waals surface area contributed by atoms with Crippen LogP contribution < -0.4 is 19.3 Å². The van der Waals surface area contributed by atoms with Crippen molar-refractivity contribution in [1.82, 2.24) is 0 Å². The molecule has 2 saturated heterocycles. The van der Waals surface area contributed by atoms with Crippen molar-refractivity contribution in [1.29, 1.82) is 0 Å². The van der Waals surface area contributed by atoms with Crippen LogP contribution in [0.1, 0.15) is 37.8 Å². The van der Waals surface area contributed by atoms with Crippen LogP contribution in [0, 0.1) is 47.3 Å². The Bertz CT molecular complexity index is 1620. The topological polar surface area (TPSA) is 127 Å². The van der Waals surface area contributed by atoms with Gasteiger partial charge in [-0.3, -0.25) is 28.8 Å². The summed E-state index contributed by atoms with van der Waals surface area (Å²) in [5.74, 6) is -3.47. The highest BCUT2D eigenvalue weighted by molar-refractivity contribution is 6.24. The number of ether oxygens (including phenoxy) is 2. The summed E-state index contributed by atoms with van der Waals surface area (Å²) in [6.07, 6.45) is 10.0. The lowest BCUT2D eigenvalue weighted by Crippen LogP contribution is -2.33. The maximum absolute atomic E-state index is 13.5. The molecule has 4 amide bonds. The molecule has 10 heteroatoms. The highest BCUT2D eigenvalue weighted by atomic mass is 16.5. The van der Waals surface area contributed by atoms with E-state index in [-0.39, 0.29) is 70.2 Å². The molecule has 2 heterocycles. The van der Waals surface area contributed by atoms with Crippen molar-refractivity contribution in [3.05, 3.63) is 71.8 Å². The molecular weight excluding hydrogens is 576 g/mol. The summed E-state index contributed by atoms with van der Waals surface area (Å²) in [5, 5.41) is 0. The van der Waals surface area contributed by atoms with Crippen molar-refractivity contribution in [3.63, 3.8) is 0 Å². The molecule has 2 saturated carbocycles. The number of hydrogen-bond donors (Lipinski definition) is 0. The SMILES string of the molecule is CC(=O)Oc1cc(Cc2ccc(N3C(=O)[C@@H]4[C@H](C3=O)[C@H]3C=C[C@H]4C3)c(OC(C)=O)c2)ccc1N1C(=O)[C@@H]2[C@H](C1=O)[C@H]1C=C[C@H]2C1. The molecule has 0 N–H and O–H groups in total. The first-order chi connectivity index (χ1) is 21.6. The van der Waals surface area contributed by atoms with Gasteiger partial charge >= 0.3 is 11.9 Å². The van der Waals surface area contributed by atoms with Crippen molar-refractivity contribution < 1.29 is 38.2 Å². The van der Waals surface area contributed by atoms with Crippen LogP contribution in [0.2, 0.25) is 0 Å². The van der Waals surface area contributed by atoms with Crippen molar-refractivity contribution in [2.45, 2.75) is 33.1 Å². The fourth-order valence-electron chi connectivity index (χ4n) is 8.69. The fraction of sp³-hybridized carbons (Fsp3) is 0.371. The summed E-state index contributed by atoms with van der Waals surface area (Å²) >= 11 is 0. The van der Waals surface area contributed by atoms with Gasteiger partial charge in [0.2, 0.25) is 23.6 Å². The molecule has 4 fully saturated rings. The number of anilines is 2. The zero-order valence-corrected chi connectivity index (χ0v) is 24.7. The Morgan fingerprint density at radius 1 is 0.600 bits per heavy atom. The number of fused-ring (bicyclic) bond motifs is 10. The van der Waals surface area contributed by atoms with Gasteiger partial charge in [-0.05, 0) is 78.3 Å². The summed E-state index contributed by atoms with van der Waals surface area (Å²) in [4.78, 5) is 80.3. The number of benzene rings is 2. The molecule has 228 valence electrons. The average molecular weight is 607 g/mol. The van der Waals surface area contributed by atoms with E-state index in [9.17, 15) is 28.8 Å². The van der Waals surface area contributed by atoms with Crippen molar-refractivity contribution in [3.8, 4) is 11.5 Å². The number of carbonyl (C=O) groups is 6. The standard InChI is InChI=1S/C35H30N2O8/c1-16(38)44-26-12-18(3-9-24(26)36-32(40)28-20-5-6-21(14-20)29(28)33(36)41)11-19-4-10-25(27(13-19)45-17(2)39)37-34(42)30-22-7-8-23(15-22)31(30)35(37)43/h3-10,12-13,20-23,28-31H,11,14-15H2,1-2H3/t20-,21-,22-,23-,28-,29+,30-,31+/m0/s1. The van der Waals surface area contributed by atoms with Gasteiger partial charge in [0.1, 0.15) is 0 Å². The Kier molecular flexibility index (Phi) is 6.04. The van der Waals surface area contributed by atoms with Crippen molar-refractivity contribution in [2.75, 3.05) is 9.80 Å². The van der Waals surface area contributed by atoms with E-state index in [1.807, 2.05) is 24.3 Å². The monoisotopic (exact) mass is 606 g/mol. The minimum Gasteiger partial charge on any atom is -0.424 e. The smallest absolute Gasteiger partial charge is 0.308 e. The Balaban J connectivity index is 1.09. The van der Waals surface area contributed by atoms with Gasteiger partial charge in [0.15, 0.2) is 11.5 Å². The van der Waals surface area contributed by atoms with E-state index in [1.165, 1.54) is 13.8 Å². The molecule has 2 aromatic rings. The molecule has 0 aromatic heterocycles. The third-order valence-electron chi connectivity index (χ3n) is 10.4. The molecule has 2 aromatic carbocycles. The van der Waals surface area contributed by atoms with Crippen LogP contribution in [0.3, 0.4) is 0 Å². The Hall–Kier alpha value is -4.86. The van der Waals surface area contributed by atoms with Gasteiger partial charge in [-0.25, -0.2) is 9.80 Å². The van der Waals surface area contributed by atoms with E-state index in [1.54, 1.807) is 36.4 Å². The summed E-state index contributed by atoms with van der Waals surface area (Å²) in [7, 11) is 0. The first-order valence-electron chi connectivity index (χ1n) is 15.4. The molecule has 6 aliphatic rings. The van der Waals surface area contributed by atoms with E-state index in [0.29, 0.717) is 17.5 Å². The van der Waals surface area contributed by atoms with Crippen LogP contribution in [0.25, 0.3) is 0 Å². The number of amides is 4. The van der Waals surface area contributed by atoms with Gasteiger partial charge in [0, 0.05) is 13.8 Å². The maximum Gasteiger partial charge on any atom is 0.308 e. The maximum atomic E-state index is 13.5. The van der Waals surface area contributed by atoms with E-state index in [4.69, 9.17) is 9.47 Å². The van der Waals surface area contributed by atoms with Gasteiger partial charge in [-0.1, -0.05) is 36.4 Å². The van der Waals surface area contributed by atoms with Gasteiger partial charge in [0.25, 0.3) is 0 Å². The average Bonchev–Trinajstić information content (AvgIpc) is 3.83. The molecule has 8 atom stereocenters. The van der Waals surface area contributed by atoms with Crippen LogP contribution in [0.4, 0.5) is 11.4 Å². The van der Waals surface area contributed by atoms with Gasteiger partial charge in [0.05, 0.1) is 35.0 Å². The number of carbonyl (C=O) groups excluding carboxylic acids is 6. The molecule has 0 unspecified atom stereocenters. The molecule has 4 bridgehead atoms. The zero-order valence-electron chi connectivity index (χ0n) is 24.7. The number of esters is 2. The quantitative estimate of drug-likeness (QED) is 0.211. The molecule has 0 spiro atoms. The molecule has 10 nitrogen and oxygen atoms in total. The second kappa shape index (κ2) is 9.82. The third-order valence-corrected chi connectivity index (χ3v) is 10.4. The largest absolute Gasteiger partial charge is 0.424 e. The Labute approximate surface area is 258 Å². The van der Waals surface area contributed by atoms with Crippen molar-refractivity contribution >= 4 is 46.9 Å². The molecule has 8 rings (SSSR count). The van der Waals surface area contributed by atoms with Crippen molar-refractivity contribution in [2.24, 2.45) is 47.3 Å². The minimum absolute atomic E-state index is 0.0461. The molecule has 2 aliphatic heterocycles. The third kappa shape index (κ3) is 4.07. The van der Waals surface area contributed by atoms with Gasteiger partial charge < -0.3 is 9.47 Å². The van der Waals surface area contributed by atoms with Crippen LogP contribution in [-0.4, -0.2) is 35.6 Å². The predicted molar refractivity (Wildman–Crippen MR) is 159 cm³/mol. The van der Waals surface area contributed by atoms with Crippen LogP contribution in [-0.2, 0) is 35.2 Å². The highest BCUT2D eigenvalue weighted by Gasteiger charge is 2.61. The molecule has 45 heavy (non-hydrogen) atoms. The van der Waals surface area contributed by atoms with Crippen LogP contribution in [0.15, 0.2) is 60.7 Å². The normalized spacial score (nSPS) is 31.8. The lowest BCUT2D eigenvalue weighted by Gasteiger charge is -2.21. The minimum atomic E-state index is -0.593. The number of rotatable bonds is 6. The summed E-state index contributed by atoms with van der Waals surface area (Å²) in [5.41, 5.74) is 1.86. The number of imide groups is 2. The van der Waals surface area contributed by atoms with Crippen LogP contribution >= 0.6 is 0 Å². The molecule has 4 aliphatic carbocycles. The summed E-state index contributed by atoms with van der Waals surface area (Å²) < 4.78 is 11.0. The summed E-state index contributed by atoms with van der Waals surface area (Å²) in [6, 6.07) is 9.97.